The van der Waals surface area contributed by atoms with Gasteiger partial charge in [0.1, 0.15) is 0 Å². The highest BCUT2D eigenvalue weighted by molar-refractivity contribution is 5.81. The SMILES string of the molecule is CN1CCOC(CN(C)CC(N)=NO)C1. The van der Waals surface area contributed by atoms with Crippen LogP contribution in [-0.2, 0) is 4.74 Å². The molecule has 15 heavy (non-hydrogen) atoms. The minimum atomic E-state index is 0.209. The molecule has 0 aliphatic carbocycles. The Hall–Kier alpha value is -0.850. The summed E-state index contributed by atoms with van der Waals surface area (Å²) in [5.74, 6) is 0.224. The molecular weight excluding hydrogens is 196 g/mol. The Kier molecular flexibility index (Phi) is 4.80. The van der Waals surface area contributed by atoms with Gasteiger partial charge in [0, 0.05) is 19.6 Å². The fourth-order valence-corrected chi connectivity index (χ4v) is 1.70. The summed E-state index contributed by atoms with van der Waals surface area (Å²) in [6.45, 7) is 3.94. The van der Waals surface area contributed by atoms with Crippen molar-refractivity contribution in [1.82, 2.24) is 9.80 Å². The van der Waals surface area contributed by atoms with Crippen LogP contribution >= 0.6 is 0 Å². The van der Waals surface area contributed by atoms with Crippen LogP contribution in [0.3, 0.4) is 0 Å². The minimum absolute atomic E-state index is 0.209. The zero-order valence-electron chi connectivity index (χ0n) is 9.39. The van der Waals surface area contributed by atoms with E-state index in [1.54, 1.807) is 0 Å². The topological polar surface area (TPSA) is 74.3 Å². The van der Waals surface area contributed by atoms with Crippen LogP contribution in [0.15, 0.2) is 5.16 Å². The van der Waals surface area contributed by atoms with Crippen LogP contribution in [0.2, 0.25) is 0 Å². The molecule has 1 fully saturated rings. The van der Waals surface area contributed by atoms with Gasteiger partial charge < -0.3 is 20.6 Å². The van der Waals surface area contributed by atoms with Crippen LogP contribution in [0.25, 0.3) is 0 Å². The maximum absolute atomic E-state index is 8.43. The molecule has 1 aliphatic rings. The monoisotopic (exact) mass is 216 g/mol. The van der Waals surface area contributed by atoms with Gasteiger partial charge in [-0.2, -0.15) is 0 Å². The van der Waals surface area contributed by atoms with E-state index in [2.05, 4.69) is 17.1 Å². The highest BCUT2D eigenvalue weighted by Gasteiger charge is 2.19. The number of hydrogen-bond donors (Lipinski definition) is 2. The Bertz CT molecular complexity index is 222. The summed E-state index contributed by atoms with van der Waals surface area (Å²) in [7, 11) is 4.01. The second-order valence-corrected chi connectivity index (χ2v) is 4.04. The van der Waals surface area contributed by atoms with Crippen LogP contribution in [0.1, 0.15) is 0 Å². The molecule has 1 saturated heterocycles. The van der Waals surface area contributed by atoms with Gasteiger partial charge in [-0.25, -0.2) is 0 Å². The van der Waals surface area contributed by atoms with Gasteiger partial charge in [0.15, 0.2) is 5.84 Å². The number of hydrogen-bond acceptors (Lipinski definition) is 5. The first-order chi connectivity index (χ1) is 7.11. The first kappa shape index (κ1) is 12.2. The summed E-state index contributed by atoms with van der Waals surface area (Å²) in [5, 5.41) is 11.4. The van der Waals surface area contributed by atoms with Crippen molar-refractivity contribution < 1.29 is 9.94 Å². The van der Waals surface area contributed by atoms with Gasteiger partial charge in [-0.1, -0.05) is 5.16 Å². The largest absolute Gasteiger partial charge is 0.409 e. The predicted octanol–water partition coefficient (Wildman–Crippen LogP) is -1.00. The standard InChI is InChI=1S/C9H20N4O2/c1-12-3-4-15-8(5-12)6-13(2)7-9(10)11-14/h8,14H,3-7H2,1-2H3,(H2,10,11). The first-order valence-corrected chi connectivity index (χ1v) is 5.07. The van der Waals surface area contributed by atoms with Crippen molar-refractivity contribution in [2.45, 2.75) is 6.10 Å². The third-order valence-electron chi connectivity index (χ3n) is 2.42. The van der Waals surface area contributed by atoms with Gasteiger partial charge >= 0.3 is 0 Å². The van der Waals surface area contributed by atoms with Crippen molar-refractivity contribution in [1.29, 1.82) is 0 Å². The highest BCUT2D eigenvalue weighted by Crippen LogP contribution is 2.04. The normalized spacial score (nSPS) is 24.7. The molecule has 6 heteroatoms. The van der Waals surface area contributed by atoms with E-state index in [1.807, 2.05) is 11.9 Å². The molecule has 6 nitrogen and oxygen atoms in total. The van der Waals surface area contributed by atoms with E-state index in [0.717, 1.165) is 26.2 Å². The Labute approximate surface area is 90.3 Å². The summed E-state index contributed by atoms with van der Waals surface area (Å²) in [4.78, 5) is 4.23. The fourth-order valence-electron chi connectivity index (χ4n) is 1.70. The Morgan fingerprint density at radius 2 is 2.47 bits per heavy atom. The molecule has 0 spiro atoms. The number of rotatable bonds is 4. The minimum Gasteiger partial charge on any atom is -0.409 e. The van der Waals surface area contributed by atoms with Gasteiger partial charge in [0.05, 0.1) is 19.3 Å². The van der Waals surface area contributed by atoms with Crippen molar-refractivity contribution in [2.75, 3.05) is 46.9 Å². The van der Waals surface area contributed by atoms with E-state index in [-0.39, 0.29) is 11.9 Å². The van der Waals surface area contributed by atoms with Gasteiger partial charge in [0.2, 0.25) is 0 Å². The van der Waals surface area contributed by atoms with Crippen LogP contribution < -0.4 is 5.73 Å². The number of nitrogens with two attached hydrogens (primary N) is 1. The summed E-state index contributed by atoms with van der Waals surface area (Å²) in [6, 6.07) is 0. The molecule has 0 aromatic rings. The Balaban J connectivity index is 2.27. The second kappa shape index (κ2) is 5.89. The number of ether oxygens (including phenoxy) is 1. The molecule has 0 bridgehead atoms. The number of nitrogens with zero attached hydrogens (tertiary/aromatic N) is 3. The number of morpholine rings is 1. The number of likely N-dealkylation sites (N-methyl/N-ethyl adjacent to an activating group) is 2. The van der Waals surface area contributed by atoms with Crippen molar-refractivity contribution >= 4 is 5.84 Å². The molecule has 0 radical (unpaired) electrons. The van der Waals surface area contributed by atoms with Crippen LogP contribution in [0.4, 0.5) is 0 Å². The molecule has 88 valence electrons. The van der Waals surface area contributed by atoms with Gasteiger partial charge in [0.25, 0.3) is 0 Å². The molecule has 0 amide bonds. The molecule has 1 atom stereocenters. The Morgan fingerprint density at radius 3 is 3.07 bits per heavy atom. The first-order valence-electron chi connectivity index (χ1n) is 5.07. The van der Waals surface area contributed by atoms with Crippen LogP contribution in [-0.4, -0.2) is 73.8 Å². The third-order valence-corrected chi connectivity index (χ3v) is 2.42. The Morgan fingerprint density at radius 1 is 1.73 bits per heavy atom. The van der Waals surface area contributed by atoms with Gasteiger partial charge in [-0.15, -0.1) is 0 Å². The van der Waals surface area contributed by atoms with E-state index in [0.29, 0.717) is 6.54 Å². The maximum atomic E-state index is 8.43. The third kappa shape index (κ3) is 4.46. The average molecular weight is 216 g/mol. The molecule has 1 rings (SSSR count). The lowest BCUT2D eigenvalue weighted by Crippen LogP contribution is -2.46. The molecule has 3 N–H and O–H groups in total. The summed E-state index contributed by atoms with van der Waals surface area (Å²) in [6.07, 6.45) is 0.209. The van der Waals surface area contributed by atoms with Crippen LogP contribution in [0, 0.1) is 0 Å². The van der Waals surface area contributed by atoms with Crippen molar-refractivity contribution in [2.24, 2.45) is 10.9 Å². The van der Waals surface area contributed by atoms with Gasteiger partial charge in [-0.3, -0.25) is 4.90 Å². The van der Waals surface area contributed by atoms with Crippen molar-refractivity contribution in [3.63, 3.8) is 0 Å². The zero-order chi connectivity index (χ0) is 11.3. The molecule has 0 saturated carbocycles. The molecular formula is C9H20N4O2. The lowest BCUT2D eigenvalue weighted by atomic mass is 10.2. The van der Waals surface area contributed by atoms with E-state index in [4.69, 9.17) is 15.7 Å². The molecule has 0 aromatic carbocycles. The van der Waals surface area contributed by atoms with Crippen molar-refractivity contribution in [3.05, 3.63) is 0 Å². The molecule has 0 aromatic heterocycles. The average Bonchev–Trinajstić information content (AvgIpc) is 2.17. The van der Waals surface area contributed by atoms with E-state index < -0.39 is 0 Å². The number of amidine groups is 1. The fraction of sp³-hybridized carbons (Fsp3) is 0.889. The zero-order valence-corrected chi connectivity index (χ0v) is 9.39. The van der Waals surface area contributed by atoms with Crippen molar-refractivity contribution in [3.8, 4) is 0 Å². The smallest absolute Gasteiger partial charge is 0.153 e. The summed E-state index contributed by atoms with van der Waals surface area (Å²) in [5.41, 5.74) is 5.41. The quantitative estimate of drug-likeness (QED) is 0.273. The molecule has 1 aliphatic heterocycles. The molecule has 1 heterocycles. The number of oxime groups is 1. The second-order valence-electron chi connectivity index (χ2n) is 4.04. The summed E-state index contributed by atoms with van der Waals surface area (Å²) < 4.78 is 5.61. The lowest BCUT2D eigenvalue weighted by molar-refractivity contribution is -0.0309. The van der Waals surface area contributed by atoms with E-state index in [1.165, 1.54) is 0 Å². The highest BCUT2D eigenvalue weighted by atomic mass is 16.5. The molecule has 1 unspecified atom stereocenters. The maximum Gasteiger partial charge on any atom is 0.153 e. The van der Waals surface area contributed by atoms with E-state index >= 15 is 0 Å². The van der Waals surface area contributed by atoms with Gasteiger partial charge in [-0.05, 0) is 14.1 Å². The van der Waals surface area contributed by atoms with E-state index in [9.17, 15) is 0 Å². The lowest BCUT2D eigenvalue weighted by Gasteiger charge is -2.32. The predicted molar refractivity (Wildman–Crippen MR) is 58.1 cm³/mol. The summed E-state index contributed by atoms with van der Waals surface area (Å²) >= 11 is 0. The van der Waals surface area contributed by atoms with Crippen LogP contribution in [0.5, 0.6) is 0 Å².